The van der Waals surface area contributed by atoms with Crippen LogP contribution in [-0.2, 0) is 19.9 Å². The van der Waals surface area contributed by atoms with Gasteiger partial charge in [0, 0.05) is 18.7 Å². The molecule has 0 aliphatic rings. The highest BCUT2D eigenvalue weighted by Crippen LogP contribution is 2.22. The van der Waals surface area contributed by atoms with E-state index in [1.54, 1.807) is 24.8 Å². The number of rotatable bonds is 5. The minimum absolute atomic E-state index is 0.0540. The Kier molecular flexibility index (Phi) is 4.96. The predicted molar refractivity (Wildman–Crippen MR) is 79.6 cm³/mol. The first-order valence-electron chi connectivity index (χ1n) is 6.72. The molecule has 1 N–H and O–H groups in total. The fourth-order valence-corrected chi connectivity index (χ4v) is 2.65. The molecule has 1 unspecified atom stereocenters. The standard InChI is InChI=1S/C15H18ClF2N3/c1-9-12(15(16)21(3)20-9)8-11(19-2)7-10-5-4-6-13(17)14(10)18/h4-6,11,19H,7-8H2,1-3H3. The maximum Gasteiger partial charge on any atom is 0.162 e. The highest BCUT2D eigenvalue weighted by molar-refractivity contribution is 6.30. The fourth-order valence-electron chi connectivity index (χ4n) is 2.40. The lowest BCUT2D eigenvalue weighted by Crippen LogP contribution is -2.30. The normalized spacial score (nSPS) is 12.7. The van der Waals surface area contributed by atoms with Crippen LogP contribution in [0.15, 0.2) is 18.2 Å². The quantitative estimate of drug-likeness (QED) is 0.919. The lowest BCUT2D eigenvalue weighted by Gasteiger charge is -2.17. The van der Waals surface area contributed by atoms with Gasteiger partial charge in [-0.25, -0.2) is 8.78 Å². The zero-order chi connectivity index (χ0) is 15.6. The van der Waals surface area contributed by atoms with Crippen LogP contribution in [0.25, 0.3) is 0 Å². The largest absolute Gasteiger partial charge is 0.316 e. The van der Waals surface area contributed by atoms with E-state index in [-0.39, 0.29) is 6.04 Å². The van der Waals surface area contributed by atoms with Gasteiger partial charge in [-0.1, -0.05) is 23.7 Å². The van der Waals surface area contributed by atoms with Gasteiger partial charge in [-0.3, -0.25) is 4.68 Å². The molecule has 2 aromatic rings. The molecule has 2 rings (SSSR count). The van der Waals surface area contributed by atoms with Crippen molar-refractivity contribution in [3.63, 3.8) is 0 Å². The zero-order valence-corrected chi connectivity index (χ0v) is 13.0. The Bertz CT molecular complexity index is 640. The van der Waals surface area contributed by atoms with Gasteiger partial charge in [-0.05, 0) is 38.4 Å². The van der Waals surface area contributed by atoms with E-state index in [0.717, 1.165) is 17.3 Å². The monoisotopic (exact) mass is 313 g/mol. The van der Waals surface area contributed by atoms with Crippen molar-refractivity contribution < 1.29 is 8.78 Å². The average Bonchev–Trinajstić information content (AvgIpc) is 2.69. The molecule has 1 aromatic heterocycles. The summed E-state index contributed by atoms with van der Waals surface area (Å²) >= 11 is 6.21. The maximum atomic E-state index is 13.8. The molecule has 21 heavy (non-hydrogen) atoms. The Morgan fingerprint density at radius 1 is 1.33 bits per heavy atom. The second-order valence-corrected chi connectivity index (χ2v) is 5.44. The first kappa shape index (κ1) is 15.9. The summed E-state index contributed by atoms with van der Waals surface area (Å²) in [4.78, 5) is 0. The van der Waals surface area contributed by atoms with Crippen LogP contribution >= 0.6 is 11.6 Å². The number of aryl methyl sites for hydroxylation is 2. The van der Waals surface area contributed by atoms with Gasteiger partial charge in [0.15, 0.2) is 11.6 Å². The summed E-state index contributed by atoms with van der Waals surface area (Å²) in [6, 6.07) is 4.18. The molecule has 0 spiro atoms. The molecule has 1 aromatic carbocycles. The number of nitrogens with zero attached hydrogens (tertiary/aromatic N) is 2. The van der Waals surface area contributed by atoms with E-state index in [1.165, 1.54) is 6.07 Å². The van der Waals surface area contributed by atoms with E-state index >= 15 is 0 Å². The van der Waals surface area contributed by atoms with E-state index in [4.69, 9.17) is 11.6 Å². The lowest BCUT2D eigenvalue weighted by atomic mass is 9.99. The summed E-state index contributed by atoms with van der Waals surface area (Å²) in [7, 11) is 3.57. The molecule has 114 valence electrons. The summed E-state index contributed by atoms with van der Waals surface area (Å²) in [5.41, 5.74) is 2.13. The van der Waals surface area contributed by atoms with Crippen molar-refractivity contribution >= 4 is 11.6 Å². The van der Waals surface area contributed by atoms with Crippen molar-refractivity contribution in [1.29, 1.82) is 0 Å². The minimum atomic E-state index is -0.821. The molecule has 0 saturated carbocycles. The SMILES string of the molecule is CNC(Cc1cccc(F)c1F)Cc1c(C)nn(C)c1Cl. The van der Waals surface area contributed by atoms with E-state index in [0.29, 0.717) is 23.6 Å². The van der Waals surface area contributed by atoms with Gasteiger partial charge < -0.3 is 5.32 Å². The van der Waals surface area contributed by atoms with Gasteiger partial charge in [-0.2, -0.15) is 5.10 Å². The Morgan fingerprint density at radius 2 is 2.05 bits per heavy atom. The minimum Gasteiger partial charge on any atom is -0.316 e. The second kappa shape index (κ2) is 6.54. The highest BCUT2D eigenvalue weighted by atomic mass is 35.5. The molecule has 0 aliphatic heterocycles. The van der Waals surface area contributed by atoms with E-state index < -0.39 is 11.6 Å². The molecule has 0 fully saturated rings. The Hall–Kier alpha value is -1.46. The molecule has 1 atom stereocenters. The fraction of sp³-hybridized carbons (Fsp3) is 0.400. The molecule has 0 aliphatic carbocycles. The van der Waals surface area contributed by atoms with Gasteiger partial charge >= 0.3 is 0 Å². The Morgan fingerprint density at radius 3 is 2.62 bits per heavy atom. The molecular weight excluding hydrogens is 296 g/mol. The van der Waals surface area contributed by atoms with Gasteiger partial charge in [0.2, 0.25) is 0 Å². The summed E-state index contributed by atoms with van der Waals surface area (Å²) in [6.45, 7) is 1.89. The van der Waals surface area contributed by atoms with E-state index in [1.807, 2.05) is 6.92 Å². The summed E-state index contributed by atoms with van der Waals surface area (Å²) < 4.78 is 28.6. The third-order valence-electron chi connectivity index (χ3n) is 3.63. The van der Waals surface area contributed by atoms with Crippen molar-refractivity contribution in [2.45, 2.75) is 25.8 Å². The number of hydrogen-bond donors (Lipinski definition) is 1. The second-order valence-electron chi connectivity index (χ2n) is 5.09. The highest BCUT2D eigenvalue weighted by Gasteiger charge is 2.18. The van der Waals surface area contributed by atoms with E-state index in [2.05, 4.69) is 10.4 Å². The van der Waals surface area contributed by atoms with Crippen LogP contribution in [0.5, 0.6) is 0 Å². The van der Waals surface area contributed by atoms with Crippen molar-refractivity contribution in [2.24, 2.45) is 7.05 Å². The van der Waals surface area contributed by atoms with Crippen LogP contribution in [0.2, 0.25) is 5.15 Å². The van der Waals surface area contributed by atoms with Crippen LogP contribution in [0.1, 0.15) is 16.8 Å². The molecule has 6 heteroatoms. The van der Waals surface area contributed by atoms with E-state index in [9.17, 15) is 8.78 Å². The van der Waals surface area contributed by atoms with Crippen molar-refractivity contribution in [3.05, 3.63) is 51.8 Å². The predicted octanol–water partition coefficient (Wildman–Crippen LogP) is 3.03. The third-order valence-corrected chi connectivity index (χ3v) is 4.10. The van der Waals surface area contributed by atoms with Crippen LogP contribution < -0.4 is 5.32 Å². The molecule has 1 heterocycles. The molecule has 0 radical (unpaired) electrons. The lowest BCUT2D eigenvalue weighted by molar-refractivity contribution is 0.482. The summed E-state index contributed by atoms with van der Waals surface area (Å²) in [5.74, 6) is -1.61. The first-order chi connectivity index (χ1) is 9.93. The molecule has 0 bridgehead atoms. The number of nitrogens with one attached hydrogen (secondary N) is 1. The van der Waals surface area contributed by atoms with Crippen molar-refractivity contribution in [2.75, 3.05) is 7.05 Å². The van der Waals surface area contributed by atoms with Crippen molar-refractivity contribution in [3.8, 4) is 0 Å². The number of benzene rings is 1. The van der Waals surface area contributed by atoms with Gasteiger partial charge in [-0.15, -0.1) is 0 Å². The number of hydrogen-bond acceptors (Lipinski definition) is 2. The van der Waals surface area contributed by atoms with Crippen LogP contribution in [-0.4, -0.2) is 22.9 Å². The smallest absolute Gasteiger partial charge is 0.162 e. The third kappa shape index (κ3) is 3.41. The summed E-state index contributed by atoms with van der Waals surface area (Å²) in [5, 5.41) is 7.96. The van der Waals surface area contributed by atoms with Crippen LogP contribution in [0, 0.1) is 18.6 Å². The van der Waals surface area contributed by atoms with Gasteiger partial charge in [0.25, 0.3) is 0 Å². The zero-order valence-electron chi connectivity index (χ0n) is 12.3. The summed E-state index contributed by atoms with van der Waals surface area (Å²) in [6.07, 6.45) is 0.982. The molecule has 0 amide bonds. The topological polar surface area (TPSA) is 29.9 Å². The van der Waals surface area contributed by atoms with Gasteiger partial charge in [0.1, 0.15) is 5.15 Å². The molecule has 3 nitrogen and oxygen atoms in total. The molecular formula is C15H18ClF2N3. The van der Waals surface area contributed by atoms with Crippen molar-refractivity contribution in [1.82, 2.24) is 15.1 Å². The average molecular weight is 314 g/mol. The van der Waals surface area contributed by atoms with Gasteiger partial charge in [0.05, 0.1) is 5.69 Å². The maximum absolute atomic E-state index is 13.8. The number of halogens is 3. The number of likely N-dealkylation sites (N-methyl/N-ethyl adjacent to an activating group) is 1. The number of aromatic nitrogens is 2. The molecule has 0 saturated heterocycles. The Balaban J connectivity index is 2.19. The first-order valence-corrected chi connectivity index (χ1v) is 7.10. The Labute approximate surface area is 127 Å². The van der Waals surface area contributed by atoms with Crippen LogP contribution in [0.4, 0.5) is 8.78 Å². The van der Waals surface area contributed by atoms with Crippen LogP contribution in [0.3, 0.4) is 0 Å².